The van der Waals surface area contributed by atoms with Crippen molar-refractivity contribution in [2.24, 2.45) is 0 Å². The Bertz CT molecular complexity index is 4360. The van der Waals surface area contributed by atoms with Crippen LogP contribution >= 0.6 is 0 Å². The normalized spacial score (nSPS) is 12.2. The number of hydrogen-bond donors (Lipinski definition) is 0. The SMILES string of the molecule is c1ccc(-c2nc(-c3ccccc3)nc(-c3cc(N4c5ccccc5N(c5ccccc5)c5ccccc54)ccc3-c3ccc(N4c5ccccc5N(c5ccccc5)c5ccccc54)cc3-c3nc(-c4ccccc4)nc(-c4ccccc4)n3)n2)cc1. The third kappa shape index (κ3) is 9.25. The average molecular weight is 1130 g/mol. The molecule has 14 aromatic rings. The number of nitrogens with zero attached hydrogens (tertiary/aromatic N) is 10. The van der Waals surface area contributed by atoms with Crippen LogP contribution in [-0.2, 0) is 0 Å². The summed E-state index contributed by atoms with van der Waals surface area (Å²) in [6, 6.07) is 109. The fourth-order valence-electron chi connectivity index (χ4n) is 12.2. The maximum Gasteiger partial charge on any atom is 0.164 e. The molecule has 0 unspecified atom stereocenters. The van der Waals surface area contributed by atoms with Crippen LogP contribution < -0.4 is 19.6 Å². The van der Waals surface area contributed by atoms with Crippen molar-refractivity contribution in [1.29, 1.82) is 0 Å². The molecule has 0 N–H and O–H groups in total. The van der Waals surface area contributed by atoms with Crippen molar-refractivity contribution in [3.63, 3.8) is 0 Å². The van der Waals surface area contributed by atoms with Crippen molar-refractivity contribution < 1.29 is 0 Å². The molecule has 0 saturated carbocycles. The second-order valence-electron chi connectivity index (χ2n) is 21.5. The number of aromatic nitrogens is 6. The van der Waals surface area contributed by atoms with E-state index in [9.17, 15) is 0 Å². The molecular weight excluding hydrogens is 1080 g/mol. The molecule has 2 aliphatic heterocycles. The van der Waals surface area contributed by atoms with Crippen molar-refractivity contribution in [3.05, 3.63) is 315 Å². The first-order valence-corrected chi connectivity index (χ1v) is 29.4. The summed E-state index contributed by atoms with van der Waals surface area (Å²) >= 11 is 0. The zero-order valence-corrected chi connectivity index (χ0v) is 47.5. The van der Waals surface area contributed by atoms with Gasteiger partial charge in [0.1, 0.15) is 0 Å². The van der Waals surface area contributed by atoms with Crippen molar-refractivity contribution in [1.82, 2.24) is 29.9 Å². The van der Waals surface area contributed by atoms with Gasteiger partial charge in [-0.25, -0.2) is 29.9 Å². The van der Waals surface area contributed by atoms with E-state index in [1.807, 2.05) is 121 Å². The summed E-state index contributed by atoms with van der Waals surface area (Å²) in [5, 5.41) is 0. The van der Waals surface area contributed by atoms with Gasteiger partial charge >= 0.3 is 0 Å². The summed E-state index contributed by atoms with van der Waals surface area (Å²) in [5.74, 6) is 3.19. The van der Waals surface area contributed by atoms with Crippen molar-refractivity contribution >= 4 is 68.2 Å². The Morgan fingerprint density at radius 2 is 0.364 bits per heavy atom. The molecule has 88 heavy (non-hydrogen) atoms. The fraction of sp³-hybridized carbons (Fsp3) is 0. The molecule has 414 valence electrons. The van der Waals surface area contributed by atoms with Gasteiger partial charge in [-0.2, -0.15) is 0 Å². The standard InChI is InChI=1S/C78H52N10/c1-7-27-53(28-8-1)73-79-74(54-29-9-2-10-30-54)82-77(81-73)63-51-59(87-69-43-23-19-39-65(69)85(57-35-15-5-16-36-57)66-40-20-24-44-70(66)87)47-49-61(63)62-50-48-60(52-64(62)78-83-75(55-31-11-3-12-32-55)80-76(84-78)56-33-13-4-14-34-56)88-71-45-25-21-41-67(71)86(58-37-17-6-18-38-58)68-42-22-26-46-72(68)88/h1-52H. The van der Waals surface area contributed by atoms with Crippen LogP contribution in [0.15, 0.2) is 315 Å². The third-order valence-electron chi connectivity index (χ3n) is 16.2. The predicted octanol–water partition coefficient (Wildman–Crippen LogP) is 20.2. The third-order valence-corrected chi connectivity index (χ3v) is 16.2. The maximum atomic E-state index is 5.49. The van der Waals surface area contributed by atoms with Gasteiger partial charge in [0.2, 0.25) is 0 Å². The van der Waals surface area contributed by atoms with E-state index >= 15 is 0 Å². The minimum Gasteiger partial charge on any atom is -0.306 e. The summed E-state index contributed by atoms with van der Waals surface area (Å²) < 4.78 is 0. The number of fused-ring (bicyclic) bond motifs is 4. The highest BCUT2D eigenvalue weighted by molar-refractivity contribution is 6.05. The molecule has 0 spiro atoms. The number of hydrogen-bond acceptors (Lipinski definition) is 10. The van der Waals surface area contributed by atoms with E-state index in [0.717, 1.165) is 113 Å². The van der Waals surface area contributed by atoms with Crippen LogP contribution in [0.1, 0.15) is 0 Å². The summed E-state index contributed by atoms with van der Waals surface area (Å²) in [5.41, 5.74) is 18.9. The minimum absolute atomic E-state index is 0.495. The van der Waals surface area contributed by atoms with Crippen LogP contribution in [0.25, 0.3) is 79.5 Å². The summed E-state index contributed by atoms with van der Waals surface area (Å²) in [6.07, 6.45) is 0. The largest absolute Gasteiger partial charge is 0.306 e. The summed E-state index contributed by atoms with van der Waals surface area (Å²) in [6.45, 7) is 0. The van der Waals surface area contributed by atoms with E-state index in [1.165, 1.54) is 0 Å². The Morgan fingerprint density at radius 1 is 0.159 bits per heavy atom. The van der Waals surface area contributed by atoms with Crippen LogP contribution in [0.3, 0.4) is 0 Å². The Balaban J connectivity index is 0.979. The van der Waals surface area contributed by atoms with Crippen molar-refractivity contribution in [2.45, 2.75) is 0 Å². The number of anilines is 12. The quantitative estimate of drug-likeness (QED) is 0.125. The van der Waals surface area contributed by atoms with Crippen LogP contribution in [0.5, 0.6) is 0 Å². The highest BCUT2D eigenvalue weighted by atomic mass is 15.3. The summed E-state index contributed by atoms with van der Waals surface area (Å²) in [7, 11) is 0. The van der Waals surface area contributed by atoms with E-state index in [4.69, 9.17) is 29.9 Å². The van der Waals surface area contributed by atoms with Gasteiger partial charge in [-0.3, -0.25) is 0 Å². The van der Waals surface area contributed by atoms with Crippen LogP contribution in [0.4, 0.5) is 68.2 Å². The summed E-state index contributed by atoms with van der Waals surface area (Å²) in [4.78, 5) is 41.8. The first-order chi connectivity index (χ1) is 43.7. The van der Waals surface area contributed by atoms with Crippen LogP contribution in [0.2, 0.25) is 0 Å². The highest BCUT2D eigenvalue weighted by Gasteiger charge is 2.34. The molecule has 2 aliphatic rings. The Hall–Kier alpha value is -12.1. The second kappa shape index (κ2) is 22.1. The lowest BCUT2D eigenvalue weighted by atomic mass is 9.92. The van der Waals surface area contributed by atoms with Gasteiger partial charge in [0.25, 0.3) is 0 Å². The average Bonchev–Trinajstić information content (AvgIpc) is 0.884. The molecule has 10 nitrogen and oxygen atoms in total. The van der Waals surface area contributed by atoms with E-state index in [-0.39, 0.29) is 0 Å². The van der Waals surface area contributed by atoms with E-state index in [0.29, 0.717) is 34.9 Å². The molecule has 2 aromatic heterocycles. The van der Waals surface area contributed by atoms with Crippen molar-refractivity contribution in [3.8, 4) is 79.5 Å². The number of rotatable bonds is 11. The smallest absolute Gasteiger partial charge is 0.164 e. The molecule has 0 saturated heterocycles. The van der Waals surface area contributed by atoms with E-state index in [2.05, 4.69) is 214 Å². The van der Waals surface area contributed by atoms with Gasteiger partial charge in [0, 0.05) is 56.1 Å². The molecule has 12 aromatic carbocycles. The van der Waals surface area contributed by atoms with Gasteiger partial charge in [-0.15, -0.1) is 0 Å². The van der Waals surface area contributed by atoms with E-state index < -0.39 is 0 Å². The lowest BCUT2D eigenvalue weighted by Gasteiger charge is -2.40. The maximum absolute atomic E-state index is 5.49. The van der Waals surface area contributed by atoms with Gasteiger partial charge in [-0.05, 0) is 108 Å². The predicted molar refractivity (Wildman–Crippen MR) is 357 cm³/mol. The Kier molecular flexibility index (Phi) is 12.9. The first-order valence-electron chi connectivity index (χ1n) is 29.4. The lowest BCUT2D eigenvalue weighted by molar-refractivity contribution is 1.07. The van der Waals surface area contributed by atoms with Crippen LogP contribution in [0, 0.1) is 0 Å². The first kappa shape index (κ1) is 51.5. The van der Waals surface area contributed by atoms with Gasteiger partial charge in [0.15, 0.2) is 34.9 Å². The second-order valence-corrected chi connectivity index (χ2v) is 21.5. The van der Waals surface area contributed by atoms with Gasteiger partial charge in [0.05, 0.1) is 45.5 Å². The van der Waals surface area contributed by atoms with E-state index in [1.54, 1.807) is 0 Å². The molecule has 0 fully saturated rings. The molecular formula is C78H52N10. The van der Waals surface area contributed by atoms with Crippen molar-refractivity contribution in [2.75, 3.05) is 19.6 Å². The molecule has 0 bridgehead atoms. The number of para-hydroxylation sites is 10. The van der Waals surface area contributed by atoms with Crippen LogP contribution in [-0.4, -0.2) is 29.9 Å². The monoisotopic (exact) mass is 1130 g/mol. The highest BCUT2D eigenvalue weighted by Crippen LogP contribution is 2.57. The molecule has 0 aliphatic carbocycles. The molecule has 4 heterocycles. The lowest BCUT2D eigenvalue weighted by Crippen LogP contribution is -2.24. The molecule has 16 rings (SSSR count). The molecule has 0 radical (unpaired) electrons. The number of benzene rings is 12. The fourth-order valence-corrected chi connectivity index (χ4v) is 12.2. The zero-order valence-electron chi connectivity index (χ0n) is 47.5. The molecule has 0 atom stereocenters. The van der Waals surface area contributed by atoms with Gasteiger partial charge < -0.3 is 19.6 Å². The van der Waals surface area contributed by atoms with Gasteiger partial charge in [-0.1, -0.05) is 218 Å². The Labute approximate surface area is 510 Å². The molecule has 0 amide bonds. The molecule has 10 heteroatoms. The zero-order chi connectivity index (χ0) is 58.3. The topological polar surface area (TPSA) is 90.3 Å². The minimum atomic E-state index is 0.495. The Morgan fingerprint density at radius 3 is 0.614 bits per heavy atom.